The lowest BCUT2D eigenvalue weighted by atomic mass is 9.97. The molecule has 0 bridgehead atoms. The van der Waals surface area contributed by atoms with Gasteiger partial charge in [-0.1, -0.05) is 12.1 Å². The number of nitrogens with one attached hydrogen (secondary N) is 2. The number of benzene rings is 1. The predicted molar refractivity (Wildman–Crippen MR) is 145 cm³/mol. The molecule has 5 rings (SSSR count). The zero-order valence-electron chi connectivity index (χ0n) is 21.9. The summed E-state index contributed by atoms with van der Waals surface area (Å²) < 4.78 is 14.9. The van der Waals surface area contributed by atoms with Gasteiger partial charge in [0.05, 0.1) is 5.52 Å². The Bertz CT molecular complexity index is 1420. The lowest BCUT2D eigenvalue weighted by Crippen LogP contribution is -2.37. The van der Waals surface area contributed by atoms with Gasteiger partial charge in [-0.25, -0.2) is 4.39 Å². The Morgan fingerprint density at radius 2 is 1.92 bits per heavy atom. The number of piperidine rings is 1. The van der Waals surface area contributed by atoms with Gasteiger partial charge in [0, 0.05) is 38.8 Å². The highest BCUT2D eigenvalue weighted by Gasteiger charge is 2.26. The van der Waals surface area contributed by atoms with Crippen molar-refractivity contribution in [3.05, 3.63) is 69.4 Å². The van der Waals surface area contributed by atoms with Crippen molar-refractivity contribution in [2.45, 2.75) is 45.1 Å². The van der Waals surface area contributed by atoms with Crippen LogP contribution in [0.5, 0.6) is 5.75 Å². The minimum absolute atomic E-state index is 0.124. The van der Waals surface area contributed by atoms with Crippen LogP contribution in [0.15, 0.2) is 41.3 Å². The average Bonchev–Trinajstić information content (AvgIpc) is 3.35. The van der Waals surface area contributed by atoms with Crippen molar-refractivity contribution >= 4 is 22.8 Å². The summed E-state index contributed by atoms with van der Waals surface area (Å²) in [6, 6.07) is 8.02. The number of aromatic hydroxyl groups is 1. The number of nitrogens with zero attached hydrogens (tertiary/aromatic N) is 3. The van der Waals surface area contributed by atoms with Gasteiger partial charge in [0.2, 0.25) is 5.91 Å². The van der Waals surface area contributed by atoms with Crippen molar-refractivity contribution in [3.8, 4) is 5.75 Å². The highest BCUT2D eigenvalue weighted by atomic mass is 19.1. The van der Waals surface area contributed by atoms with Gasteiger partial charge >= 0.3 is 0 Å². The van der Waals surface area contributed by atoms with E-state index in [1.54, 1.807) is 27.8 Å². The van der Waals surface area contributed by atoms with Crippen LogP contribution in [0.1, 0.15) is 53.6 Å². The van der Waals surface area contributed by atoms with E-state index in [0.29, 0.717) is 37.9 Å². The molecule has 2 amide bonds. The summed E-state index contributed by atoms with van der Waals surface area (Å²) in [7, 11) is 0. The molecule has 2 saturated heterocycles. The van der Waals surface area contributed by atoms with E-state index in [2.05, 4.69) is 15.6 Å². The van der Waals surface area contributed by atoms with E-state index in [-0.39, 0.29) is 35.3 Å². The third kappa shape index (κ3) is 6.11. The van der Waals surface area contributed by atoms with Gasteiger partial charge in [-0.2, -0.15) is 0 Å². The number of fused-ring (bicyclic) bond motifs is 1. The second-order valence-corrected chi connectivity index (χ2v) is 10.4. The Morgan fingerprint density at radius 3 is 2.64 bits per heavy atom. The number of hydrogen-bond donors (Lipinski definition) is 3. The third-order valence-corrected chi connectivity index (χ3v) is 7.64. The molecular formula is C29H34FN5O4. The molecule has 0 spiro atoms. The lowest BCUT2D eigenvalue weighted by Gasteiger charge is -2.24. The van der Waals surface area contributed by atoms with E-state index in [0.717, 1.165) is 50.0 Å². The van der Waals surface area contributed by atoms with Gasteiger partial charge in [-0.05, 0) is 80.4 Å². The van der Waals surface area contributed by atoms with Crippen molar-refractivity contribution in [1.29, 1.82) is 0 Å². The lowest BCUT2D eigenvalue weighted by molar-refractivity contribution is -0.127. The highest BCUT2D eigenvalue weighted by molar-refractivity contribution is 6.01. The Morgan fingerprint density at radius 1 is 1.15 bits per heavy atom. The summed E-state index contributed by atoms with van der Waals surface area (Å²) in [6.45, 7) is 3.68. The number of pyridine rings is 2. The fourth-order valence-electron chi connectivity index (χ4n) is 5.49. The molecule has 3 N–H and O–H groups in total. The Labute approximate surface area is 226 Å². The molecule has 0 atom stereocenters. The number of amides is 2. The average molecular weight is 536 g/mol. The Kier molecular flexibility index (Phi) is 8.21. The maximum absolute atomic E-state index is 13.7. The normalized spacial score (nSPS) is 16.2. The zero-order valence-corrected chi connectivity index (χ0v) is 21.9. The number of halogens is 1. The summed E-state index contributed by atoms with van der Waals surface area (Å²) in [5, 5.41) is 17.1. The predicted octanol–water partition coefficient (Wildman–Crippen LogP) is 2.57. The van der Waals surface area contributed by atoms with Crippen molar-refractivity contribution < 1.29 is 19.1 Å². The standard InChI is InChI=1S/C29H34FN5O4/c30-22-6-4-19(5-7-22)15-21-16-23-26(33-17-21)27(37)25(29(39)35(23)18-20-8-11-31-12-9-20)28(38)32-10-2-14-34-13-1-3-24(34)36/h4-7,16-17,20,31,37H,1-3,8-15,18H2,(H,32,38). The molecular weight excluding hydrogens is 501 g/mol. The van der Waals surface area contributed by atoms with Gasteiger partial charge < -0.3 is 25.2 Å². The minimum atomic E-state index is -0.650. The molecule has 3 aromatic rings. The number of carbonyl (C=O) groups is 2. The number of rotatable bonds is 9. The summed E-state index contributed by atoms with van der Waals surface area (Å²) in [4.78, 5) is 44.9. The number of carbonyl (C=O) groups excluding carboxylic acids is 2. The number of aromatic nitrogens is 2. The van der Waals surface area contributed by atoms with E-state index in [9.17, 15) is 23.9 Å². The first-order valence-electron chi connectivity index (χ1n) is 13.7. The van der Waals surface area contributed by atoms with Gasteiger partial charge in [0.25, 0.3) is 11.5 Å². The molecule has 10 heteroatoms. The maximum atomic E-state index is 13.7. The maximum Gasteiger partial charge on any atom is 0.267 e. The third-order valence-electron chi connectivity index (χ3n) is 7.64. The van der Waals surface area contributed by atoms with E-state index in [1.165, 1.54) is 12.1 Å². The van der Waals surface area contributed by atoms with E-state index >= 15 is 0 Å². The van der Waals surface area contributed by atoms with Crippen LogP contribution in [0, 0.1) is 11.7 Å². The van der Waals surface area contributed by atoms with Crippen LogP contribution in [-0.2, 0) is 17.8 Å². The first kappa shape index (κ1) is 26.8. The van der Waals surface area contributed by atoms with Crippen LogP contribution in [-0.4, -0.2) is 64.1 Å². The minimum Gasteiger partial charge on any atom is -0.505 e. The Balaban J connectivity index is 1.43. The van der Waals surface area contributed by atoms with E-state index in [1.807, 2.05) is 6.07 Å². The molecule has 0 unspecified atom stereocenters. The fourth-order valence-corrected chi connectivity index (χ4v) is 5.49. The highest BCUT2D eigenvalue weighted by Crippen LogP contribution is 2.27. The second-order valence-electron chi connectivity index (χ2n) is 10.4. The summed E-state index contributed by atoms with van der Waals surface area (Å²) in [5.41, 5.74) is 1.50. The molecule has 0 radical (unpaired) electrons. The van der Waals surface area contributed by atoms with Crippen molar-refractivity contribution in [2.75, 3.05) is 32.7 Å². The van der Waals surface area contributed by atoms with Crippen LogP contribution in [0.4, 0.5) is 4.39 Å². The first-order valence-corrected chi connectivity index (χ1v) is 13.7. The number of likely N-dealkylation sites (tertiary alicyclic amines) is 1. The topological polar surface area (TPSA) is 117 Å². The SMILES string of the molecule is O=C(NCCCN1CCCC1=O)c1c(O)c2ncc(Cc3ccc(F)cc3)cc2n(CC2CCNCC2)c1=O. The van der Waals surface area contributed by atoms with Crippen LogP contribution in [0.2, 0.25) is 0 Å². The smallest absolute Gasteiger partial charge is 0.267 e. The second kappa shape index (κ2) is 11.9. The molecule has 2 fully saturated rings. The van der Waals surface area contributed by atoms with Gasteiger partial charge in [0.1, 0.15) is 16.9 Å². The van der Waals surface area contributed by atoms with E-state index < -0.39 is 17.2 Å². The van der Waals surface area contributed by atoms with E-state index in [4.69, 9.17) is 0 Å². The molecule has 2 aliphatic heterocycles. The van der Waals surface area contributed by atoms with Crippen LogP contribution >= 0.6 is 0 Å². The van der Waals surface area contributed by atoms with Gasteiger partial charge in [-0.3, -0.25) is 19.4 Å². The van der Waals surface area contributed by atoms with Crippen molar-refractivity contribution in [3.63, 3.8) is 0 Å². The molecule has 0 aliphatic carbocycles. The number of hydrogen-bond acceptors (Lipinski definition) is 6. The molecule has 9 nitrogen and oxygen atoms in total. The summed E-state index contributed by atoms with van der Waals surface area (Å²) in [5.74, 6) is -1.03. The van der Waals surface area contributed by atoms with Crippen molar-refractivity contribution in [1.82, 2.24) is 25.1 Å². The van der Waals surface area contributed by atoms with Crippen LogP contribution in [0.25, 0.3) is 11.0 Å². The van der Waals surface area contributed by atoms with Crippen LogP contribution in [0.3, 0.4) is 0 Å². The fraction of sp³-hybridized carbons (Fsp3) is 0.448. The molecule has 0 saturated carbocycles. The molecule has 4 heterocycles. The van der Waals surface area contributed by atoms with Gasteiger partial charge in [-0.15, -0.1) is 0 Å². The van der Waals surface area contributed by atoms with Crippen LogP contribution < -0.4 is 16.2 Å². The molecule has 206 valence electrons. The molecule has 1 aromatic carbocycles. The van der Waals surface area contributed by atoms with Gasteiger partial charge in [0.15, 0.2) is 5.75 Å². The summed E-state index contributed by atoms with van der Waals surface area (Å²) in [6.07, 6.45) is 5.85. The first-order chi connectivity index (χ1) is 18.9. The largest absolute Gasteiger partial charge is 0.505 e. The summed E-state index contributed by atoms with van der Waals surface area (Å²) >= 11 is 0. The van der Waals surface area contributed by atoms with Crippen molar-refractivity contribution in [2.24, 2.45) is 5.92 Å². The molecule has 2 aromatic heterocycles. The zero-order chi connectivity index (χ0) is 27.4. The quantitative estimate of drug-likeness (QED) is 0.363. The Hall–Kier alpha value is -3.79. The molecule has 39 heavy (non-hydrogen) atoms. The molecule has 2 aliphatic rings. The monoisotopic (exact) mass is 535 g/mol.